The molecule has 4 heteroatoms. The van der Waals surface area contributed by atoms with Crippen LogP contribution in [0.2, 0.25) is 0 Å². The average molecular weight is 260 g/mol. The van der Waals surface area contributed by atoms with Gasteiger partial charge >= 0.3 is 0 Å². The molecule has 0 bridgehead atoms. The van der Waals surface area contributed by atoms with Gasteiger partial charge in [0.15, 0.2) is 0 Å². The fourth-order valence-electron chi connectivity index (χ4n) is 1.99. The lowest BCUT2D eigenvalue weighted by molar-refractivity contribution is 0.413. The Kier molecular flexibility index (Phi) is 4.14. The number of nitrogens with one attached hydrogen (secondary N) is 1. The van der Waals surface area contributed by atoms with Gasteiger partial charge in [0.1, 0.15) is 11.6 Å². The van der Waals surface area contributed by atoms with Crippen LogP contribution in [0.25, 0.3) is 0 Å². The number of ether oxygens (including phenoxy) is 1. The molecule has 3 N–H and O–H groups in total. The summed E-state index contributed by atoms with van der Waals surface area (Å²) >= 11 is 0. The predicted molar refractivity (Wildman–Crippen MR) is 73.3 cm³/mol. The SMILES string of the molecule is COc1cccc(C(NN)c2ccc(C)c(F)c2)c1. The molecule has 2 aromatic carbocycles. The van der Waals surface area contributed by atoms with Crippen molar-refractivity contribution in [2.45, 2.75) is 13.0 Å². The number of halogens is 1. The van der Waals surface area contributed by atoms with Crippen LogP contribution in [0.3, 0.4) is 0 Å². The first-order valence-electron chi connectivity index (χ1n) is 6.02. The van der Waals surface area contributed by atoms with Crippen molar-refractivity contribution in [2.75, 3.05) is 7.11 Å². The molecule has 2 rings (SSSR count). The molecule has 0 aliphatic carbocycles. The summed E-state index contributed by atoms with van der Waals surface area (Å²) in [5.41, 5.74) is 5.02. The molecule has 1 unspecified atom stereocenters. The molecule has 0 heterocycles. The minimum atomic E-state index is -0.273. The van der Waals surface area contributed by atoms with Crippen molar-refractivity contribution in [1.82, 2.24) is 5.43 Å². The number of aryl methyl sites for hydroxylation is 1. The summed E-state index contributed by atoms with van der Waals surface area (Å²) in [4.78, 5) is 0. The van der Waals surface area contributed by atoms with E-state index in [2.05, 4.69) is 5.43 Å². The molecular weight excluding hydrogens is 243 g/mol. The van der Waals surface area contributed by atoms with Gasteiger partial charge < -0.3 is 4.74 Å². The van der Waals surface area contributed by atoms with Crippen molar-refractivity contribution in [3.8, 4) is 5.75 Å². The summed E-state index contributed by atoms with van der Waals surface area (Å²) in [6, 6.07) is 12.4. The molecular formula is C15H17FN2O. The highest BCUT2D eigenvalue weighted by Crippen LogP contribution is 2.25. The van der Waals surface area contributed by atoms with Crippen molar-refractivity contribution in [2.24, 2.45) is 5.84 Å². The van der Waals surface area contributed by atoms with E-state index in [9.17, 15) is 4.39 Å². The average Bonchev–Trinajstić information content (AvgIpc) is 2.44. The minimum Gasteiger partial charge on any atom is -0.497 e. The van der Waals surface area contributed by atoms with Crippen LogP contribution in [0.1, 0.15) is 22.7 Å². The largest absolute Gasteiger partial charge is 0.497 e. The zero-order valence-electron chi connectivity index (χ0n) is 11.0. The van der Waals surface area contributed by atoms with Gasteiger partial charge in [-0.15, -0.1) is 0 Å². The number of hydrogen-bond donors (Lipinski definition) is 2. The minimum absolute atomic E-state index is 0.236. The third-order valence-corrected chi connectivity index (χ3v) is 3.12. The van der Waals surface area contributed by atoms with Crippen LogP contribution in [0.5, 0.6) is 5.75 Å². The molecule has 2 aromatic rings. The van der Waals surface area contributed by atoms with Gasteiger partial charge in [-0.1, -0.05) is 24.3 Å². The van der Waals surface area contributed by atoms with Gasteiger partial charge in [-0.2, -0.15) is 0 Å². The normalized spacial score (nSPS) is 12.2. The van der Waals surface area contributed by atoms with Crippen LogP contribution in [-0.4, -0.2) is 7.11 Å². The molecule has 19 heavy (non-hydrogen) atoms. The second kappa shape index (κ2) is 5.82. The summed E-state index contributed by atoms with van der Waals surface area (Å²) in [5, 5.41) is 0. The Morgan fingerprint density at radius 2 is 1.89 bits per heavy atom. The van der Waals surface area contributed by atoms with E-state index in [0.717, 1.165) is 16.9 Å². The number of nitrogens with two attached hydrogens (primary N) is 1. The maximum absolute atomic E-state index is 13.6. The molecule has 0 spiro atoms. The summed E-state index contributed by atoms with van der Waals surface area (Å²) in [6.07, 6.45) is 0. The molecule has 100 valence electrons. The summed E-state index contributed by atoms with van der Waals surface area (Å²) in [6.45, 7) is 1.73. The topological polar surface area (TPSA) is 47.3 Å². The van der Waals surface area contributed by atoms with Gasteiger partial charge in [0, 0.05) is 0 Å². The van der Waals surface area contributed by atoms with Crippen LogP contribution >= 0.6 is 0 Å². The standard InChI is InChI=1S/C15H17FN2O/c1-10-6-7-12(9-14(10)16)15(18-17)11-4-3-5-13(8-11)19-2/h3-9,15,18H,17H2,1-2H3. The first kappa shape index (κ1) is 13.5. The quantitative estimate of drug-likeness (QED) is 0.656. The van der Waals surface area contributed by atoms with Gasteiger partial charge in [-0.25, -0.2) is 9.82 Å². The van der Waals surface area contributed by atoms with Crippen molar-refractivity contribution >= 4 is 0 Å². The zero-order chi connectivity index (χ0) is 13.8. The van der Waals surface area contributed by atoms with Crippen LogP contribution in [0, 0.1) is 12.7 Å². The fourth-order valence-corrected chi connectivity index (χ4v) is 1.99. The first-order chi connectivity index (χ1) is 9.15. The van der Waals surface area contributed by atoms with E-state index in [-0.39, 0.29) is 11.9 Å². The van der Waals surface area contributed by atoms with E-state index in [1.165, 1.54) is 6.07 Å². The Morgan fingerprint density at radius 1 is 1.16 bits per heavy atom. The van der Waals surface area contributed by atoms with Crippen molar-refractivity contribution in [1.29, 1.82) is 0 Å². The van der Waals surface area contributed by atoms with E-state index in [1.54, 1.807) is 20.1 Å². The van der Waals surface area contributed by atoms with Gasteiger partial charge in [0.05, 0.1) is 13.2 Å². The number of methoxy groups -OCH3 is 1. The van der Waals surface area contributed by atoms with Crippen molar-refractivity contribution < 1.29 is 9.13 Å². The molecule has 0 aliphatic heterocycles. The van der Waals surface area contributed by atoms with Crippen LogP contribution in [0.15, 0.2) is 42.5 Å². The second-order valence-electron chi connectivity index (χ2n) is 4.38. The highest BCUT2D eigenvalue weighted by molar-refractivity contribution is 5.37. The van der Waals surface area contributed by atoms with E-state index >= 15 is 0 Å². The number of benzene rings is 2. The van der Waals surface area contributed by atoms with Crippen molar-refractivity contribution in [3.63, 3.8) is 0 Å². The molecule has 0 aromatic heterocycles. The van der Waals surface area contributed by atoms with Crippen LogP contribution < -0.4 is 16.0 Å². The van der Waals surface area contributed by atoms with E-state index in [0.29, 0.717) is 5.56 Å². The Balaban J connectivity index is 2.40. The monoisotopic (exact) mass is 260 g/mol. The Bertz CT molecular complexity index is 572. The summed E-state index contributed by atoms with van der Waals surface area (Å²) in [5.74, 6) is 6.11. The highest BCUT2D eigenvalue weighted by atomic mass is 19.1. The maximum atomic E-state index is 13.6. The van der Waals surface area contributed by atoms with E-state index in [1.807, 2.05) is 30.3 Å². The maximum Gasteiger partial charge on any atom is 0.126 e. The van der Waals surface area contributed by atoms with Crippen LogP contribution in [0.4, 0.5) is 4.39 Å². The Hall–Kier alpha value is -1.91. The molecule has 0 radical (unpaired) electrons. The van der Waals surface area contributed by atoms with Crippen LogP contribution in [-0.2, 0) is 0 Å². The lowest BCUT2D eigenvalue weighted by Gasteiger charge is -2.18. The Morgan fingerprint density at radius 3 is 2.53 bits per heavy atom. The van der Waals surface area contributed by atoms with Crippen molar-refractivity contribution in [3.05, 3.63) is 65.0 Å². The van der Waals surface area contributed by atoms with Gasteiger partial charge in [-0.3, -0.25) is 5.84 Å². The first-order valence-corrected chi connectivity index (χ1v) is 6.02. The highest BCUT2D eigenvalue weighted by Gasteiger charge is 2.14. The fraction of sp³-hybridized carbons (Fsp3) is 0.200. The third kappa shape index (κ3) is 2.92. The molecule has 0 saturated carbocycles. The number of hydrazine groups is 1. The van der Waals surface area contributed by atoms with E-state index < -0.39 is 0 Å². The summed E-state index contributed by atoms with van der Waals surface area (Å²) in [7, 11) is 1.61. The van der Waals surface area contributed by atoms with Gasteiger partial charge in [0.25, 0.3) is 0 Å². The molecule has 0 aliphatic rings. The number of rotatable bonds is 4. The molecule has 0 saturated heterocycles. The molecule has 3 nitrogen and oxygen atoms in total. The zero-order valence-corrected chi connectivity index (χ0v) is 11.0. The third-order valence-electron chi connectivity index (χ3n) is 3.12. The summed E-state index contributed by atoms with van der Waals surface area (Å²) < 4.78 is 18.8. The molecule has 0 amide bonds. The van der Waals surface area contributed by atoms with Gasteiger partial charge in [-0.05, 0) is 41.8 Å². The molecule has 0 fully saturated rings. The number of hydrogen-bond acceptors (Lipinski definition) is 3. The molecule has 1 atom stereocenters. The smallest absolute Gasteiger partial charge is 0.126 e. The Labute approximate surface area is 112 Å². The predicted octanol–water partition coefficient (Wildman–Crippen LogP) is 2.70. The second-order valence-corrected chi connectivity index (χ2v) is 4.38. The van der Waals surface area contributed by atoms with E-state index in [4.69, 9.17) is 10.6 Å². The van der Waals surface area contributed by atoms with Gasteiger partial charge in [0.2, 0.25) is 0 Å². The lowest BCUT2D eigenvalue weighted by atomic mass is 9.98. The lowest BCUT2D eigenvalue weighted by Crippen LogP contribution is -2.28.